The van der Waals surface area contributed by atoms with E-state index in [-0.39, 0.29) is 0 Å². The Bertz CT molecular complexity index is 221. The molecule has 88 valence electrons. The lowest BCUT2D eigenvalue weighted by molar-refractivity contribution is -0.127. The van der Waals surface area contributed by atoms with E-state index in [1.54, 1.807) is 0 Å². The van der Waals surface area contributed by atoms with Crippen molar-refractivity contribution in [3.8, 4) is 0 Å². The molecular weight excluding hydrogens is 186 g/mol. The Hall–Kier alpha value is -0.0800. The Balaban J connectivity index is 1.91. The maximum atomic E-state index is 5.45. The summed E-state index contributed by atoms with van der Waals surface area (Å²) in [5.41, 5.74) is 0.980. The summed E-state index contributed by atoms with van der Waals surface area (Å²) in [5, 5.41) is 0. The van der Waals surface area contributed by atoms with Gasteiger partial charge in [0.25, 0.3) is 0 Å². The van der Waals surface area contributed by atoms with Crippen molar-refractivity contribution in [1.29, 1.82) is 0 Å². The molecule has 0 saturated carbocycles. The molecule has 0 bridgehead atoms. The Morgan fingerprint density at radius 2 is 1.67 bits per heavy atom. The summed E-state index contributed by atoms with van der Waals surface area (Å²) < 4.78 is 5.45. The van der Waals surface area contributed by atoms with Gasteiger partial charge in [-0.25, -0.2) is 0 Å². The van der Waals surface area contributed by atoms with Crippen LogP contribution < -0.4 is 0 Å². The summed E-state index contributed by atoms with van der Waals surface area (Å²) in [6.07, 6.45) is 2.55. The zero-order valence-electron chi connectivity index (χ0n) is 10.7. The van der Waals surface area contributed by atoms with Gasteiger partial charge in [-0.1, -0.05) is 13.8 Å². The lowest BCUT2D eigenvalue weighted by Crippen LogP contribution is -2.66. The van der Waals surface area contributed by atoms with E-state index >= 15 is 0 Å². The van der Waals surface area contributed by atoms with Gasteiger partial charge in [0.1, 0.15) is 0 Å². The van der Waals surface area contributed by atoms with Gasteiger partial charge in [-0.15, -0.1) is 0 Å². The highest BCUT2D eigenvalue weighted by atomic mass is 16.5. The van der Waals surface area contributed by atoms with Gasteiger partial charge in [0, 0.05) is 37.3 Å². The standard InChI is InChI=1S/C13H25NO/c1-11(2)12(3,4)14-9-13(10-14)5-7-15-8-6-13/h11H,5-10H2,1-4H3. The van der Waals surface area contributed by atoms with E-state index in [1.165, 1.54) is 25.9 Å². The maximum absolute atomic E-state index is 5.45. The number of hydrogen-bond donors (Lipinski definition) is 0. The number of nitrogens with zero attached hydrogens (tertiary/aromatic N) is 1. The zero-order valence-corrected chi connectivity index (χ0v) is 10.7. The Kier molecular flexibility index (Phi) is 2.85. The minimum absolute atomic E-state index is 0.365. The summed E-state index contributed by atoms with van der Waals surface area (Å²) in [5.74, 6) is 0.731. The van der Waals surface area contributed by atoms with Crippen molar-refractivity contribution in [3.63, 3.8) is 0 Å². The molecule has 0 atom stereocenters. The van der Waals surface area contributed by atoms with Crippen LogP contribution in [-0.2, 0) is 4.74 Å². The lowest BCUT2D eigenvalue weighted by Gasteiger charge is -2.59. The van der Waals surface area contributed by atoms with Crippen LogP contribution in [0.4, 0.5) is 0 Å². The van der Waals surface area contributed by atoms with Crippen molar-refractivity contribution >= 4 is 0 Å². The molecule has 2 rings (SSSR count). The maximum Gasteiger partial charge on any atom is 0.0472 e. The second-order valence-corrected chi connectivity index (χ2v) is 6.28. The minimum Gasteiger partial charge on any atom is -0.381 e. The van der Waals surface area contributed by atoms with Gasteiger partial charge in [0.2, 0.25) is 0 Å². The van der Waals surface area contributed by atoms with Crippen molar-refractivity contribution in [2.45, 2.75) is 46.1 Å². The third-order valence-corrected chi connectivity index (χ3v) is 4.83. The Morgan fingerprint density at radius 1 is 1.13 bits per heavy atom. The van der Waals surface area contributed by atoms with E-state index < -0.39 is 0 Å². The molecule has 2 fully saturated rings. The number of ether oxygens (including phenoxy) is 1. The second-order valence-electron chi connectivity index (χ2n) is 6.28. The van der Waals surface area contributed by atoms with Crippen molar-refractivity contribution < 1.29 is 4.74 Å². The van der Waals surface area contributed by atoms with Gasteiger partial charge in [-0.05, 0) is 32.6 Å². The third kappa shape index (κ3) is 1.94. The molecule has 0 aromatic heterocycles. The molecule has 15 heavy (non-hydrogen) atoms. The first kappa shape index (κ1) is 11.4. The largest absolute Gasteiger partial charge is 0.381 e. The molecule has 0 aromatic rings. The monoisotopic (exact) mass is 211 g/mol. The van der Waals surface area contributed by atoms with E-state index in [2.05, 4.69) is 32.6 Å². The second kappa shape index (κ2) is 3.74. The van der Waals surface area contributed by atoms with Gasteiger partial charge in [0.05, 0.1) is 0 Å². The molecule has 2 heterocycles. The van der Waals surface area contributed by atoms with Crippen molar-refractivity contribution in [2.75, 3.05) is 26.3 Å². The summed E-state index contributed by atoms with van der Waals surface area (Å²) >= 11 is 0. The molecule has 1 spiro atoms. The smallest absolute Gasteiger partial charge is 0.0472 e. The molecule has 2 heteroatoms. The van der Waals surface area contributed by atoms with Gasteiger partial charge in [0.15, 0.2) is 0 Å². The predicted molar refractivity (Wildman–Crippen MR) is 63.0 cm³/mol. The fraction of sp³-hybridized carbons (Fsp3) is 1.00. The summed E-state index contributed by atoms with van der Waals surface area (Å²) in [4.78, 5) is 2.66. The first-order valence-corrected chi connectivity index (χ1v) is 6.29. The van der Waals surface area contributed by atoms with E-state index in [9.17, 15) is 0 Å². The molecule has 2 aliphatic rings. The first-order valence-electron chi connectivity index (χ1n) is 6.29. The normalized spacial score (nSPS) is 27.0. The minimum atomic E-state index is 0.365. The Labute approximate surface area is 94.0 Å². The quantitative estimate of drug-likeness (QED) is 0.696. The van der Waals surface area contributed by atoms with Crippen LogP contribution in [0.3, 0.4) is 0 Å². The zero-order chi connectivity index (χ0) is 11.1. The van der Waals surface area contributed by atoms with E-state index in [1.807, 2.05) is 0 Å². The first-order chi connectivity index (χ1) is 6.96. The summed E-state index contributed by atoms with van der Waals surface area (Å²) in [7, 11) is 0. The molecule has 0 amide bonds. The molecule has 0 aromatic carbocycles. The van der Waals surface area contributed by atoms with E-state index in [0.29, 0.717) is 11.0 Å². The molecular formula is C13H25NO. The molecule has 0 aliphatic carbocycles. The van der Waals surface area contributed by atoms with Gasteiger partial charge < -0.3 is 4.74 Å². The lowest BCUT2D eigenvalue weighted by atomic mass is 9.70. The van der Waals surface area contributed by atoms with Crippen LogP contribution in [0.15, 0.2) is 0 Å². The van der Waals surface area contributed by atoms with Gasteiger partial charge in [-0.2, -0.15) is 0 Å². The highest BCUT2D eigenvalue weighted by Crippen LogP contribution is 2.44. The van der Waals surface area contributed by atoms with E-state index in [4.69, 9.17) is 4.74 Å². The fourth-order valence-electron chi connectivity index (χ4n) is 2.66. The molecule has 0 radical (unpaired) electrons. The van der Waals surface area contributed by atoms with Crippen molar-refractivity contribution in [2.24, 2.45) is 11.3 Å². The van der Waals surface area contributed by atoms with E-state index in [0.717, 1.165) is 19.1 Å². The number of rotatable bonds is 2. The number of hydrogen-bond acceptors (Lipinski definition) is 2. The third-order valence-electron chi connectivity index (χ3n) is 4.83. The molecule has 2 saturated heterocycles. The molecule has 2 nitrogen and oxygen atoms in total. The van der Waals surface area contributed by atoms with Crippen LogP contribution >= 0.6 is 0 Å². The summed E-state index contributed by atoms with van der Waals surface area (Å²) in [6.45, 7) is 14.0. The highest BCUT2D eigenvalue weighted by Gasteiger charge is 2.49. The SMILES string of the molecule is CC(C)C(C)(C)N1CC2(CCOCC2)C1. The van der Waals surface area contributed by atoms with Crippen LogP contribution in [0, 0.1) is 11.3 Å². The molecule has 0 N–H and O–H groups in total. The van der Waals surface area contributed by atoms with Gasteiger partial charge >= 0.3 is 0 Å². The highest BCUT2D eigenvalue weighted by molar-refractivity contribution is 5.02. The molecule has 2 aliphatic heterocycles. The topological polar surface area (TPSA) is 12.5 Å². The van der Waals surface area contributed by atoms with Crippen LogP contribution in [0.1, 0.15) is 40.5 Å². The summed E-state index contributed by atoms with van der Waals surface area (Å²) in [6, 6.07) is 0. The van der Waals surface area contributed by atoms with Crippen LogP contribution in [0.2, 0.25) is 0 Å². The predicted octanol–water partition coefficient (Wildman–Crippen LogP) is 2.53. The van der Waals surface area contributed by atoms with Crippen molar-refractivity contribution in [3.05, 3.63) is 0 Å². The van der Waals surface area contributed by atoms with Crippen LogP contribution in [-0.4, -0.2) is 36.7 Å². The van der Waals surface area contributed by atoms with Crippen LogP contribution in [0.25, 0.3) is 0 Å². The fourth-order valence-corrected chi connectivity index (χ4v) is 2.66. The average molecular weight is 211 g/mol. The molecule has 0 unspecified atom stereocenters. The van der Waals surface area contributed by atoms with Crippen molar-refractivity contribution in [1.82, 2.24) is 4.90 Å². The van der Waals surface area contributed by atoms with Crippen LogP contribution in [0.5, 0.6) is 0 Å². The van der Waals surface area contributed by atoms with Gasteiger partial charge in [-0.3, -0.25) is 4.90 Å². The average Bonchev–Trinajstić information content (AvgIpc) is 2.15. The Morgan fingerprint density at radius 3 is 2.13 bits per heavy atom. The number of likely N-dealkylation sites (tertiary alicyclic amines) is 1.